The summed E-state index contributed by atoms with van der Waals surface area (Å²) >= 11 is 0. The Kier molecular flexibility index (Phi) is 4.88. The van der Waals surface area contributed by atoms with Crippen molar-refractivity contribution < 1.29 is 9.59 Å². The van der Waals surface area contributed by atoms with Gasteiger partial charge in [-0.3, -0.25) is 9.59 Å². The molecule has 0 bridgehead atoms. The Bertz CT molecular complexity index is 474. The minimum Gasteiger partial charge on any atom is -0.326 e. The van der Waals surface area contributed by atoms with Crippen molar-refractivity contribution in [2.75, 3.05) is 10.6 Å². The molecule has 1 rings (SSSR count). The molecule has 18 heavy (non-hydrogen) atoms. The van der Waals surface area contributed by atoms with Gasteiger partial charge in [0.2, 0.25) is 11.8 Å². The average molecular weight is 245 g/mol. The molecule has 0 fully saturated rings. The molecule has 1 aromatic carbocycles. The van der Waals surface area contributed by atoms with Crippen LogP contribution in [0.1, 0.15) is 20.3 Å². The Morgan fingerprint density at radius 3 is 2.11 bits per heavy atom. The molecule has 0 aliphatic rings. The number of nitrogens with zero attached hydrogens (tertiary/aromatic N) is 1. The van der Waals surface area contributed by atoms with Gasteiger partial charge in [-0.05, 0) is 30.7 Å². The summed E-state index contributed by atoms with van der Waals surface area (Å²) in [6, 6.07) is 8.66. The van der Waals surface area contributed by atoms with Gasteiger partial charge in [0.1, 0.15) is 5.92 Å². The summed E-state index contributed by atoms with van der Waals surface area (Å²) in [6.07, 6.45) is 0.478. The van der Waals surface area contributed by atoms with Crippen LogP contribution in [0.3, 0.4) is 0 Å². The molecule has 0 radical (unpaired) electrons. The maximum Gasteiger partial charge on any atom is 0.241 e. The first kappa shape index (κ1) is 13.7. The highest BCUT2D eigenvalue weighted by Crippen LogP contribution is 2.15. The third kappa shape index (κ3) is 3.91. The van der Waals surface area contributed by atoms with Crippen LogP contribution in [0.25, 0.3) is 0 Å². The first-order chi connectivity index (χ1) is 8.56. The summed E-state index contributed by atoms with van der Waals surface area (Å²) in [4.78, 5) is 22.5. The standard InChI is InChI=1S/C13H15N3O2/c1-3-10(8-14)13(18)16-12-6-4-11(5-7-12)15-9(2)17/h4-7,10H,3H2,1-2H3,(H,15,17)(H,16,18). The zero-order valence-corrected chi connectivity index (χ0v) is 10.4. The third-order valence-electron chi connectivity index (χ3n) is 2.35. The number of carbonyl (C=O) groups excluding carboxylic acids is 2. The highest BCUT2D eigenvalue weighted by atomic mass is 16.2. The van der Waals surface area contributed by atoms with Gasteiger partial charge >= 0.3 is 0 Å². The van der Waals surface area contributed by atoms with Gasteiger partial charge in [-0.1, -0.05) is 6.92 Å². The Morgan fingerprint density at radius 2 is 1.72 bits per heavy atom. The molecular formula is C13H15N3O2. The first-order valence-corrected chi connectivity index (χ1v) is 5.65. The minimum absolute atomic E-state index is 0.151. The Hall–Kier alpha value is -2.35. The van der Waals surface area contributed by atoms with E-state index in [0.29, 0.717) is 17.8 Å². The minimum atomic E-state index is -0.639. The lowest BCUT2D eigenvalue weighted by atomic mass is 10.1. The molecular weight excluding hydrogens is 230 g/mol. The summed E-state index contributed by atoms with van der Waals surface area (Å²) in [5.41, 5.74) is 1.26. The molecule has 5 nitrogen and oxygen atoms in total. The maximum atomic E-state index is 11.6. The smallest absolute Gasteiger partial charge is 0.241 e. The quantitative estimate of drug-likeness (QED) is 0.852. The van der Waals surface area contributed by atoms with Gasteiger partial charge < -0.3 is 10.6 Å². The van der Waals surface area contributed by atoms with Crippen LogP contribution < -0.4 is 10.6 Å². The molecule has 94 valence electrons. The van der Waals surface area contributed by atoms with E-state index in [2.05, 4.69) is 10.6 Å². The van der Waals surface area contributed by atoms with Crippen molar-refractivity contribution in [3.63, 3.8) is 0 Å². The lowest BCUT2D eigenvalue weighted by Gasteiger charge is -2.09. The van der Waals surface area contributed by atoms with E-state index in [-0.39, 0.29) is 11.8 Å². The number of nitriles is 1. The largest absolute Gasteiger partial charge is 0.326 e. The molecule has 5 heteroatoms. The highest BCUT2D eigenvalue weighted by Gasteiger charge is 2.15. The van der Waals surface area contributed by atoms with Crippen LogP contribution in [-0.2, 0) is 9.59 Å². The topological polar surface area (TPSA) is 82.0 Å². The summed E-state index contributed by atoms with van der Waals surface area (Å²) in [7, 11) is 0. The normalized spacial score (nSPS) is 11.2. The van der Waals surface area contributed by atoms with Crippen LogP contribution in [0, 0.1) is 17.2 Å². The first-order valence-electron chi connectivity index (χ1n) is 5.65. The van der Waals surface area contributed by atoms with E-state index in [4.69, 9.17) is 5.26 Å². The van der Waals surface area contributed by atoms with Crippen LogP contribution in [0.4, 0.5) is 11.4 Å². The number of hydrogen-bond acceptors (Lipinski definition) is 3. The number of hydrogen-bond donors (Lipinski definition) is 2. The molecule has 0 aliphatic heterocycles. The molecule has 0 saturated carbocycles. The molecule has 1 aromatic rings. The van der Waals surface area contributed by atoms with Gasteiger partial charge in [0.05, 0.1) is 6.07 Å². The monoisotopic (exact) mass is 245 g/mol. The van der Waals surface area contributed by atoms with Crippen LogP contribution in [0.5, 0.6) is 0 Å². The molecule has 0 spiro atoms. The zero-order chi connectivity index (χ0) is 13.5. The molecule has 2 N–H and O–H groups in total. The zero-order valence-electron chi connectivity index (χ0n) is 10.4. The second-order valence-electron chi connectivity index (χ2n) is 3.84. The van der Waals surface area contributed by atoms with Crippen molar-refractivity contribution in [3.05, 3.63) is 24.3 Å². The van der Waals surface area contributed by atoms with Gasteiger partial charge in [-0.25, -0.2) is 0 Å². The van der Waals surface area contributed by atoms with Crippen molar-refractivity contribution in [3.8, 4) is 6.07 Å². The second kappa shape index (κ2) is 6.40. The van der Waals surface area contributed by atoms with E-state index >= 15 is 0 Å². The predicted molar refractivity (Wildman–Crippen MR) is 68.8 cm³/mol. The maximum absolute atomic E-state index is 11.6. The van der Waals surface area contributed by atoms with E-state index < -0.39 is 5.92 Å². The van der Waals surface area contributed by atoms with Gasteiger partial charge in [-0.15, -0.1) is 0 Å². The number of carbonyl (C=O) groups is 2. The van der Waals surface area contributed by atoms with E-state index in [1.54, 1.807) is 31.2 Å². The number of nitrogens with one attached hydrogen (secondary N) is 2. The second-order valence-corrected chi connectivity index (χ2v) is 3.84. The Balaban J connectivity index is 2.67. The predicted octanol–water partition coefficient (Wildman–Crippen LogP) is 2.13. The molecule has 0 aliphatic carbocycles. The molecule has 1 unspecified atom stereocenters. The van der Waals surface area contributed by atoms with Crippen molar-refractivity contribution in [1.82, 2.24) is 0 Å². The lowest BCUT2D eigenvalue weighted by Crippen LogP contribution is -2.20. The number of rotatable bonds is 4. The van der Waals surface area contributed by atoms with Crippen molar-refractivity contribution in [2.45, 2.75) is 20.3 Å². The SMILES string of the molecule is CCC(C#N)C(=O)Nc1ccc(NC(C)=O)cc1. The van der Waals surface area contributed by atoms with Crippen LogP contribution >= 0.6 is 0 Å². The summed E-state index contributed by atoms with van der Waals surface area (Å²) in [5.74, 6) is -1.10. The van der Waals surface area contributed by atoms with Crippen molar-refractivity contribution >= 4 is 23.2 Å². The van der Waals surface area contributed by atoms with E-state index in [0.717, 1.165) is 0 Å². The Morgan fingerprint density at radius 1 is 1.22 bits per heavy atom. The Labute approximate surface area is 106 Å². The van der Waals surface area contributed by atoms with E-state index in [1.165, 1.54) is 6.92 Å². The fourth-order valence-corrected chi connectivity index (χ4v) is 1.40. The fraction of sp³-hybridized carbons (Fsp3) is 0.308. The molecule has 1 atom stereocenters. The lowest BCUT2D eigenvalue weighted by molar-refractivity contribution is -0.118. The number of anilines is 2. The van der Waals surface area contributed by atoms with E-state index in [9.17, 15) is 9.59 Å². The van der Waals surface area contributed by atoms with Gasteiger partial charge in [0.25, 0.3) is 0 Å². The fourth-order valence-electron chi connectivity index (χ4n) is 1.40. The van der Waals surface area contributed by atoms with Crippen LogP contribution in [0.15, 0.2) is 24.3 Å². The molecule has 0 aromatic heterocycles. The van der Waals surface area contributed by atoms with Crippen molar-refractivity contribution in [2.24, 2.45) is 5.92 Å². The van der Waals surface area contributed by atoms with Gasteiger partial charge in [0, 0.05) is 18.3 Å². The van der Waals surface area contributed by atoms with Gasteiger partial charge in [-0.2, -0.15) is 5.26 Å². The number of benzene rings is 1. The molecule has 2 amide bonds. The number of amides is 2. The van der Waals surface area contributed by atoms with Crippen LogP contribution in [0.2, 0.25) is 0 Å². The van der Waals surface area contributed by atoms with E-state index in [1.807, 2.05) is 6.07 Å². The van der Waals surface area contributed by atoms with Gasteiger partial charge in [0.15, 0.2) is 0 Å². The van der Waals surface area contributed by atoms with Crippen LogP contribution in [-0.4, -0.2) is 11.8 Å². The third-order valence-corrected chi connectivity index (χ3v) is 2.35. The molecule has 0 saturated heterocycles. The summed E-state index contributed by atoms with van der Waals surface area (Å²) < 4.78 is 0. The average Bonchev–Trinajstić information content (AvgIpc) is 2.32. The summed E-state index contributed by atoms with van der Waals surface area (Å²) in [5, 5.41) is 14.0. The van der Waals surface area contributed by atoms with Crippen molar-refractivity contribution in [1.29, 1.82) is 5.26 Å². The highest BCUT2D eigenvalue weighted by molar-refractivity contribution is 5.94. The summed E-state index contributed by atoms with van der Waals surface area (Å²) in [6.45, 7) is 3.21. The molecule has 0 heterocycles.